The van der Waals surface area contributed by atoms with E-state index in [-0.39, 0.29) is 5.91 Å². The lowest BCUT2D eigenvalue weighted by atomic mass is 10.3. The second-order valence-electron chi connectivity index (χ2n) is 4.67. The predicted octanol–water partition coefficient (Wildman–Crippen LogP) is 0.933. The Labute approximate surface area is 113 Å². The maximum atomic E-state index is 11.4. The number of aryl methyl sites for hydroxylation is 1. The molecule has 0 aromatic carbocycles. The molecule has 1 aliphatic heterocycles. The van der Waals surface area contributed by atoms with Crippen molar-refractivity contribution < 1.29 is 4.79 Å². The lowest BCUT2D eigenvalue weighted by molar-refractivity contribution is -0.120. The maximum Gasteiger partial charge on any atom is 0.221 e. The van der Waals surface area contributed by atoms with Crippen LogP contribution in [0.5, 0.6) is 0 Å². The molecule has 0 atom stereocenters. The Hall–Kier alpha value is -1.85. The van der Waals surface area contributed by atoms with Gasteiger partial charge < -0.3 is 15.5 Å². The van der Waals surface area contributed by atoms with Crippen molar-refractivity contribution in [3.63, 3.8) is 0 Å². The third-order valence-corrected chi connectivity index (χ3v) is 3.02. The first-order valence-electron chi connectivity index (χ1n) is 6.80. The van der Waals surface area contributed by atoms with Crippen molar-refractivity contribution in [2.75, 3.05) is 36.4 Å². The fourth-order valence-electron chi connectivity index (χ4n) is 2.05. The number of carbonyl (C=O) groups is 1. The minimum atomic E-state index is 0.109. The van der Waals surface area contributed by atoms with Gasteiger partial charge in [-0.3, -0.25) is 4.79 Å². The van der Waals surface area contributed by atoms with E-state index in [9.17, 15) is 4.79 Å². The van der Waals surface area contributed by atoms with E-state index in [0.29, 0.717) is 19.5 Å². The fourth-order valence-corrected chi connectivity index (χ4v) is 2.05. The molecular weight excluding hydrogens is 242 g/mol. The van der Waals surface area contributed by atoms with Crippen LogP contribution in [0.1, 0.15) is 25.6 Å². The zero-order valence-electron chi connectivity index (χ0n) is 11.6. The minimum absolute atomic E-state index is 0.109. The third-order valence-electron chi connectivity index (χ3n) is 3.02. The van der Waals surface area contributed by atoms with Crippen LogP contribution < -0.4 is 15.5 Å². The van der Waals surface area contributed by atoms with Gasteiger partial charge in [-0.15, -0.1) is 0 Å². The molecule has 1 saturated heterocycles. The number of hydrogen-bond donors (Lipinski definition) is 2. The SMILES string of the molecule is CCCNc1cc(N2CCNC(=O)CC2)nc(C)n1. The predicted molar refractivity (Wildman–Crippen MR) is 75.4 cm³/mol. The summed E-state index contributed by atoms with van der Waals surface area (Å²) < 4.78 is 0. The van der Waals surface area contributed by atoms with Crippen molar-refractivity contribution in [2.24, 2.45) is 0 Å². The Balaban J connectivity index is 2.13. The van der Waals surface area contributed by atoms with Gasteiger partial charge in [0, 0.05) is 38.7 Å². The van der Waals surface area contributed by atoms with Crippen molar-refractivity contribution >= 4 is 17.5 Å². The topological polar surface area (TPSA) is 70.2 Å². The highest BCUT2D eigenvalue weighted by Gasteiger charge is 2.15. The molecule has 1 fully saturated rings. The summed E-state index contributed by atoms with van der Waals surface area (Å²) in [5, 5.41) is 6.15. The minimum Gasteiger partial charge on any atom is -0.370 e. The van der Waals surface area contributed by atoms with E-state index in [1.165, 1.54) is 0 Å². The normalized spacial score (nSPS) is 15.9. The highest BCUT2D eigenvalue weighted by Crippen LogP contribution is 2.16. The molecule has 1 amide bonds. The molecule has 104 valence electrons. The van der Waals surface area contributed by atoms with Gasteiger partial charge in [-0.1, -0.05) is 6.92 Å². The molecule has 1 aromatic heterocycles. The summed E-state index contributed by atoms with van der Waals surface area (Å²) in [7, 11) is 0. The highest BCUT2D eigenvalue weighted by atomic mass is 16.1. The lowest BCUT2D eigenvalue weighted by Crippen LogP contribution is -2.29. The van der Waals surface area contributed by atoms with Crippen molar-refractivity contribution in [2.45, 2.75) is 26.7 Å². The Kier molecular flexibility index (Phi) is 4.54. The molecule has 1 aliphatic rings. The molecule has 0 saturated carbocycles. The van der Waals surface area contributed by atoms with Gasteiger partial charge in [-0.25, -0.2) is 9.97 Å². The molecule has 0 aliphatic carbocycles. The van der Waals surface area contributed by atoms with E-state index in [2.05, 4.69) is 32.4 Å². The van der Waals surface area contributed by atoms with E-state index in [0.717, 1.165) is 37.0 Å². The van der Waals surface area contributed by atoms with Crippen LogP contribution in [0.25, 0.3) is 0 Å². The van der Waals surface area contributed by atoms with Crippen LogP contribution in [-0.2, 0) is 4.79 Å². The molecule has 0 spiro atoms. The van der Waals surface area contributed by atoms with Crippen LogP contribution in [0.4, 0.5) is 11.6 Å². The van der Waals surface area contributed by atoms with Crippen molar-refractivity contribution in [3.8, 4) is 0 Å². The average molecular weight is 263 g/mol. The Morgan fingerprint density at radius 1 is 1.42 bits per heavy atom. The number of carbonyl (C=O) groups excluding carboxylic acids is 1. The van der Waals surface area contributed by atoms with E-state index in [4.69, 9.17) is 0 Å². The molecule has 0 radical (unpaired) electrons. The molecule has 2 N–H and O–H groups in total. The second kappa shape index (κ2) is 6.36. The highest BCUT2D eigenvalue weighted by molar-refractivity contribution is 5.77. The van der Waals surface area contributed by atoms with Gasteiger partial charge in [0.2, 0.25) is 5.91 Å². The number of amides is 1. The monoisotopic (exact) mass is 263 g/mol. The van der Waals surface area contributed by atoms with E-state index in [1.807, 2.05) is 13.0 Å². The van der Waals surface area contributed by atoms with Crippen LogP contribution in [0, 0.1) is 6.92 Å². The summed E-state index contributed by atoms with van der Waals surface area (Å²) in [6.07, 6.45) is 1.57. The van der Waals surface area contributed by atoms with Crippen LogP contribution in [0.3, 0.4) is 0 Å². The van der Waals surface area contributed by atoms with Gasteiger partial charge in [-0.2, -0.15) is 0 Å². The molecule has 6 heteroatoms. The van der Waals surface area contributed by atoms with Crippen LogP contribution >= 0.6 is 0 Å². The summed E-state index contributed by atoms with van der Waals surface area (Å²) in [6.45, 7) is 7.07. The number of nitrogens with one attached hydrogen (secondary N) is 2. The molecule has 0 bridgehead atoms. The molecular formula is C13H21N5O. The van der Waals surface area contributed by atoms with Crippen molar-refractivity contribution in [1.82, 2.24) is 15.3 Å². The quantitative estimate of drug-likeness (QED) is 0.846. The van der Waals surface area contributed by atoms with Crippen molar-refractivity contribution in [1.29, 1.82) is 0 Å². The first-order valence-corrected chi connectivity index (χ1v) is 6.80. The van der Waals surface area contributed by atoms with Gasteiger partial charge in [-0.05, 0) is 13.3 Å². The fraction of sp³-hybridized carbons (Fsp3) is 0.615. The molecule has 19 heavy (non-hydrogen) atoms. The summed E-state index contributed by atoms with van der Waals surface area (Å²) >= 11 is 0. The Morgan fingerprint density at radius 3 is 3.05 bits per heavy atom. The van der Waals surface area contributed by atoms with Gasteiger partial charge in [0.1, 0.15) is 17.5 Å². The number of anilines is 2. The largest absolute Gasteiger partial charge is 0.370 e. The van der Waals surface area contributed by atoms with Crippen LogP contribution in [0.15, 0.2) is 6.07 Å². The summed E-state index contributed by atoms with van der Waals surface area (Å²) in [4.78, 5) is 22.3. The smallest absolute Gasteiger partial charge is 0.221 e. The zero-order valence-corrected chi connectivity index (χ0v) is 11.6. The van der Waals surface area contributed by atoms with Crippen molar-refractivity contribution in [3.05, 3.63) is 11.9 Å². The number of hydrogen-bond acceptors (Lipinski definition) is 5. The molecule has 2 rings (SSSR count). The Morgan fingerprint density at radius 2 is 2.26 bits per heavy atom. The van der Waals surface area contributed by atoms with Gasteiger partial charge in [0.25, 0.3) is 0 Å². The average Bonchev–Trinajstić information content (AvgIpc) is 2.60. The van der Waals surface area contributed by atoms with E-state index < -0.39 is 0 Å². The number of rotatable bonds is 4. The van der Waals surface area contributed by atoms with E-state index >= 15 is 0 Å². The van der Waals surface area contributed by atoms with Gasteiger partial charge in [0.15, 0.2) is 0 Å². The summed E-state index contributed by atoms with van der Waals surface area (Å²) in [6, 6.07) is 1.96. The summed E-state index contributed by atoms with van der Waals surface area (Å²) in [5.74, 6) is 2.60. The van der Waals surface area contributed by atoms with E-state index in [1.54, 1.807) is 0 Å². The van der Waals surface area contributed by atoms with Crippen LogP contribution in [0.2, 0.25) is 0 Å². The Bertz CT molecular complexity index is 449. The maximum absolute atomic E-state index is 11.4. The first-order chi connectivity index (χ1) is 9.19. The summed E-state index contributed by atoms with van der Waals surface area (Å²) in [5.41, 5.74) is 0. The number of nitrogens with zero attached hydrogens (tertiary/aromatic N) is 3. The van der Waals surface area contributed by atoms with Crippen LogP contribution in [-0.4, -0.2) is 42.1 Å². The zero-order chi connectivity index (χ0) is 13.7. The molecule has 2 heterocycles. The molecule has 6 nitrogen and oxygen atoms in total. The van der Waals surface area contributed by atoms with Gasteiger partial charge >= 0.3 is 0 Å². The third kappa shape index (κ3) is 3.81. The molecule has 1 aromatic rings. The van der Waals surface area contributed by atoms with Gasteiger partial charge in [0.05, 0.1) is 0 Å². The second-order valence-corrected chi connectivity index (χ2v) is 4.67. The first kappa shape index (κ1) is 13.6. The lowest BCUT2D eigenvalue weighted by Gasteiger charge is -2.21. The molecule has 0 unspecified atom stereocenters. The number of aromatic nitrogens is 2. The standard InChI is InChI=1S/C13H21N5O/c1-3-5-14-11-9-12(17-10(2)16-11)18-7-4-13(19)15-6-8-18/h9H,3-8H2,1-2H3,(H,15,19)(H,14,16,17).